The molecule has 0 amide bonds. The first-order chi connectivity index (χ1) is 9.65. The molecular formula is C15H21FN4. The molecule has 1 aromatic heterocycles. The molecule has 0 atom stereocenters. The summed E-state index contributed by atoms with van der Waals surface area (Å²) in [5.41, 5.74) is 7.12. The number of aryl methyl sites for hydroxylation is 1. The molecule has 0 saturated carbocycles. The van der Waals surface area contributed by atoms with Gasteiger partial charge in [-0.15, -0.1) is 0 Å². The van der Waals surface area contributed by atoms with Gasteiger partial charge in [0.05, 0.1) is 5.52 Å². The third kappa shape index (κ3) is 2.50. The smallest absolute Gasteiger partial charge is 0.201 e. The number of nitrogens with zero attached hydrogens (tertiary/aromatic N) is 3. The number of halogens is 1. The third-order valence-electron chi connectivity index (χ3n) is 4.36. The predicted molar refractivity (Wildman–Crippen MR) is 78.9 cm³/mol. The van der Waals surface area contributed by atoms with Crippen LogP contribution in [0.1, 0.15) is 19.3 Å². The van der Waals surface area contributed by atoms with E-state index in [0.717, 1.165) is 24.4 Å². The summed E-state index contributed by atoms with van der Waals surface area (Å²) in [6.45, 7) is 3.15. The topological polar surface area (TPSA) is 47.1 Å². The molecule has 20 heavy (non-hydrogen) atoms. The Labute approximate surface area is 118 Å². The van der Waals surface area contributed by atoms with Gasteiger partial charge in [-0.05, 0) is 57.5 Å². The molecule has 1 fully saturated rings. The molecular weight excluding hydrogens is 255 g/mol. The fraction of sp³-hybridized carbons (Fsp3) is 0.533. The number of hydrogen-bond acceptors (Lipinski definition) is 3. The fourth-order valence-electron chi connectivity index (χ4n) is 3.03. The minimum Gasteiger partial charge on any atom is -0.369 e. The average Bonchev–Trinajstić information content (AvgIpc) is 2.76. The van der Waals surface area contributed by atoms with Crippen LogP contribution in [0.4, 0.5) is 10.3 Å². The van der Waals surface area contributed by atoms with E-state index in [9.17, 15) is 4.39 Å². The van der Waals surface area contributed by atoms with Crippen LogP contribution in [0.5, 0.6) is 0 Å². The first-order valence-corrected chi connectivity index (χ1v) is 7.24. The Morgan fingerprint density at radius 2 is 2.10 bits per heavy atom. The van der Waals surface area contributed by atoms with E-state index in [2.05, 4.69) is 16.9 Å². The zero-order valence-electron chi connectivity index (χ0n) is 11.8. The maximum atomic E-state index is 13.7. The number of fused-ring (bicyclic) bond motifs is 1. The first-order valence-electron chi connectivity index (χ1n) is 7.24. The molecule has 5 heteroatoms. The summed E-state index contributed by atoms with van der Waals surface area (Å²) >= 11 is 0. The van der Waals surface area contributed by atoms with Crippen LogP contribution >= 0.6 is 0 Å². The molecule has 1 aromatic carbocycles. The molecule has 2 heterocycles. The van der Waals surface area contributed by atoms with Gasteiger partial charge in [0.25, 0.3) is 0 Å². The predicted octanol–water partition coefficient (Wildman–Crippen LogP) is 2.49. The minimum atomic E-state index is -0.299. The average molecular weight is 276 g/mol. The summed E-state index contributed by atoms with van der Waals surface area (Å²) < 4.78 is 15.6. The number of nitrogen functional groups attached to an aromatic ring is 1. The maximum Gasteiger partial charge on any atom is 0.201 e. The van der Waals surface area contributed by atoms with Crippen molar-refractivity contribution in [1.82, 2.24) is 14.5 Å². The summed E-state index contributed by atoms with van der Waals surface area (Å²) in [5.74, 6) is 0.849. The molecule has 1 aliphatic heterocycles. The zero-order chi connectivity index (χ0) is 14.1. The van der Waals surface area contributed by atoms with Crippen molar-refractivity contribution in [1.29, 1.82) is 0 Å². The lowest BCUT2D eigenvalue weighted by atomic mass is 9.94. The fourth-order valence-corrected chi connectivity index (χ4v) is 3.03. The molecule has 4 nitrogen and oxygen atoms in total. The molecule has 0 radical (unpaired) electrons. The standard InChI is InChI=1S/C15H21FN4/c1-19-8-5-11(6-9-19)7-10-20-13-4-2-3-12(16)14(13)18-15(20)17/h2-4,11H,5-10H2,1H3,(H2,17,18). The van der Waals surface area contributed by atoms with Gasteiger partial charge in [-0.3, -0.25) is 0 Å². The van der Waals surface area contributed by atoms with Gasteiger partial charge in [-0.1, -0.05) is 6.07 Å². The van der Waals surface area contributed by atoms with Crippen molar-refractivity contribution in [3.8, 4) is 0 Å². The summed E-state index contributed by atoms with van der Waals surface area (Å²) in [6, 6.07) is 5.03. The van der Waals surface area contributed by atoms with E-state index >= 15 is 0 Å². The van der Waals surface area contributed by atoms with E-state index in [1.807, 2.05) is 10.6 Å². The highest BCUT2D eigenvalue weighted by Crippen LogP contribution is 2.24. The van der Waals surface area contributed by atoms with Crippen molar-refractivity contribution >= 4 is 17.0 Å². The number of hydrogen-bond donors (Lipinski definition) is 1. The minimum absolute atomic E-state index is 0.299. The Kier molecular flexibility index (Phi) is 3.61. The van der Waals surface area contributed by atoms with Crippen LogP contribution in [0.25, 0.3) is 11.0 Å². The molecule has 2 aromatic rings. The highest BCUT2D eigenvalue weighted by molar-refractivity contribution is 5.78. The molecule has 1 saturated heterocycles. The van der Waals surface area contributed by atoms with Crippen molar-refractivity contribution in [2.45, 2.75) is 25.8 Å². The van der Waals surface area contributed by atoms with Gasteiger partial charge in [0, 0.05) is 6.54 Å². The third-order valence-corrected chi connectivity index (χ3v) is 4.36. The van der Waals surface area contributed by atoms with Crippen LogP contribution in [0.2, 0.25) is 0 Å². The number of piperidine rings is 1. The summed E-state index contributed by atoms with van der Waals surface area (Å²) in [5, 5.41) is 0. The molecule has 108 valence electrons. The number of benzene rings is 1. The lowest BCUT2D eigenvalue weighted by molar-refractivity contribution is 0.208. The van der Waals surface area contributed by atoms with Crippen LogP contribution < -0.4 is 5.73 Å². The summed E-state index contributed by atoms with van der Waals surface area (Å²) in [7, 11) is 2.17. The highest BCUT2D eigenvalue weighted by atomic mass is 19.1. The van der Waals surface area contributed by atoms with Gasteiger partial charge in [0.15, 0.2) is 5.82 Å². The van der Waals surface area contributed by atoms with Crippen molar-refractivity contribution in [3.05, 3.63) is 24.0 Å². The van der Waals surface area contributed by atoms with Crippen LogP contribution in [-0.4, -0.2) is 34.6 Å². The quantitative estimate of drug-likeness (QED) is 0.937. The van der Waals surface area contributed by atoms with Gasteiger partial charge >= 0.3 is 0 Å². The lowest BCUT2D eigenvalue weighted by Gasteiger charge is -2.29. The van der Waals surface area contributed by atoms with Gasteiger partial charge in [0.2, 0.25) is 5.95 Å². The van der Waals surface area contributed by atoms with Crippen LogP contribution in [0.15, 0.2) is 18.2 Å². The van der Waals surface area contributed by atoms with Gasteiger partial charge in [0.1, 0.15) is 5.52 Å². The molecule has 1 aliphatic rings. The second kappa shape index (κ2) is 5.40. The number of imidazole rings is 1. The summed E-state index contributed by atoms with van der Waals surface area (Å²) in [4.78, 5) is 6.51. The van der Waals surface area contributed by atoms with E-state index < -0.39 is 0 Å². The lowest BCUT2D eigenvalue weighted by Crippen LogP contribution is -2.30. The number of para-hydroxylation sites is 1. The summed E-state index contributed by atoms with van der Waals surface area (Å²) in [6.07, 6.45) is 3.55. The Bertz CT molecular complexity index is 599. The van der Waals surface area contributed by atoms with Gasteiger partial charge in [-0.2, -0.15) is 0 Å². The number of rotatable bonds is 3. The second-order valence-corrected chi connectivity index (χ2v) is 5.76. The largest absolute Gasteiger partial charge is 0.369 e. The first kappa shape index (κ1) is 13.4. The Morgan fingerprint density at radius 3 is 2.85 bits per heavy atom. The number of likely N-dealkylation sites (tertiary alicyclic amines) is 1. The monoisotopic (exact) mass is 276 g/mol. The Balaban J connectivity index is 1.74. The van der Waals surface area contributed by atoms with Crippen molar-refractivity contribution in [2.24, 2.45) is 5.92 Å². The molecule has 0 bridgehead atoms. The molecule has 2 N–H and O–H groups in total. The van der Waals surface area contributed by atoms with Crippen LogP contribution in [0.3, 0.4) is 0 Å². The van der Waals surface area contributed by atoms with E-state index in [0.29, 0.717) is 11.5 Å². The second-order valence-electron chi connectivity index (χ2n) is 5.76. The Morgan fingerprint density at radius 1 is 1.35 bits per heavy atom. The van der Waals surface area contributed by atoms with Crippen molar-refractivity contribution in [3.63, 3.8) is 0 Å². The van der Waals surface area contributed by atoms with E-state index in [1.54, 1.807) is 6.07 Å². The van der Waals surface area contributed by atoms with E-state index in [4.69, 9.17) is 5.73 Å². The zero-order valence-corrected chi connectivity index (χ0v) is 11.8. The van der Waals surface area contributed by atoms with Crippen molar-refractivity contribution < 1.29 is 4.39 Å². The highest BCUT2D eigenvalue weighted by Gasteiger charge is 2.18. The SMILES string of the molecule is CN1CCC(CCn2c(N)nc3c(F)cccc32)CC1. The number of anilines is 1. The van der Waals surface area contributed by atoms with Crippen LogP contribution in [0, 0.1) is 11.7 Å². The maximum absolute atomic E-state index is 13.7. The molecule has 0 aliphatic carbocycles. The van der Waals surface area contributed by atoms with Gasteiger partial charge in [-0.25, -0.2) is 9.37 Å². The molecule has 0 spiro atoms. The van der Waals surface area contributed by atoms with Crippen molar-refractivity contribution in [2.75, 3.05) is 25.9 Å². The van der Waals surface area contributed by atoms with E-state index in [-0.39, 0.29) is 5.82 Å². The normalized spacial score (nSPS) is 17.9. The van der Waals surface area contributed by atoms with E-state index in [1.165, 1.54) is 32.0 Å². The Hall–Kier alpha value is -1.62. The van der Waals surface area contributed by atoms with Gasteiger partial charge < -0.3 is 15.2 Å². The number of nitrogens with two attached hydrogens (primary N) is 1. The molecule has 0 unspecified atom stereocenters. The molecule has 3 rings (SSSR count). The van der Waals surface area contributed by atoms with Crippen LogP contribution in [-0.2, 0) is 6.54 Å². The number of aromatic nitrogens is 2.